The summed E-state index contributed by atoms with van der Waals surface area (Å²) in [5, 5.41) is 22.3. The monoisotopic (exact) mass is 342 g/mol. The molecule has 3 nitrogen and oxygen atoms in total. The van der Waals surface area contributed by atoms with E-state index in [0.29, 0.717) is 11.8 Å². The summed E-state index contributed by atoms with van der Waals surface area (Å²) in [6.07, 6.45) is 10.6. The molecule has 2 bridgehead atoms. The molecule has 2 N–H and O–H groups in total. The van der Waals surface area contributed by atoms with E-state index in [9.17, 15) is 10.2 Å². The van der Waals surface area contributed by atoms with E-state index < -0.39 is 5.60 Å². The van der Waals surface area contributed by atoms with Gasteiger partial charge in [-0.25, -0.2) is 0 Å². The minimum Gasteiger partial charge on any atom is -0.508 e. The quantitative estimate of drug-likeness (QED) is 0.808. The topological polar surface area (TPSA) is 40.5 Å². The van der Waals surface area contributed by atoms with Crippen LogP contribution < -0.4 is 0 Å². The second kappa shape index (κ2) is 5.23. The molecule has 1 saturated heterocycles. The summed E-state index contributed by atoms with van der Waals surface area (Å²) in [4.78, 5) is 0. The molecule has 5 rings (SSSR count). The SMILES string of the molecule is C[N@@+]1(CC2CCC2)CC[C@@]23CCCCC2(O)C1Cc1ccc(O)cc13. The van der Waals surface area contributed by atoms with E-state index in [1.165, 1.54) is 49.9 Å². The van der Waals surface area contributed by atoms with Crippen LogP contribution in [0.2, 0.25) is 0 Å². The third kappa shape index (κ3) is 2.06. The van der Waals surface area contributed by atoms with Crippen LogP contribution in [0.5, 0.6) is 5.75 Å². The fraction of sp³-hybridized carbons (Fsp3) is 0.727. The molecule has 1 heterocycles. The Hall–Kier alpha value is -1.06. The molecule has 0 radical (unpaired) electrons. The highest BCUT2D eigenvalue weighted by Crippen LogP contribution is 2.60. The Morgan fingerprint density at radius 2 is 1.92 bits per heavy atom. The van der Waals surface area contributed by atoms with Crippen LogP contribution in [0.1, 0.15) is 62.5 Å². The normalized spacial score (nSPS) is 43.0. The lowest BCUT2D eigenvalue weighted by molar-refractivity contribution is -0.952. The van der Waals surface area contributed by atoms with Crippen LogP contribution in [0, 0.1) is 5.92 Å². The van der Waals surface area contributed by atoms with E-state index in [1.807, 2.05) is 12.1 Å². The van der Waals surface area contributed by atoms with E-state index in [1.54, 1.807) is 0 Å². The Bertz CT molecular complexity index is 699. The number of hydrogen-bond donors (Lipinski definition) is 2. The summed E-state index contributed by atoms with van der Waals surface area (Å²) < 4.78 is 1.06. The summed E-state index contributed by atoms with van der Waals surface area (Å²) in [5.74, 6) is 1.22. The van der Waals surface area contributed by atoms with Crippen LogP contribution in [0.3, 0.4) is 0 Å². The van der Waals surface area contributed by atoms with Gasteiger partial charge in [-0.2, -0.15) is 0 Å². The van der Waals surface area contributed by atoms with Gasteiger partial charge in [0.25, 0.3) is 0 Å². The van der Waals surface area contributed by atoms with E-state index >= 15 is 0 Å². The molecule has 0 aromatic heterocycles. The van der Waals surface area contributed by atoms with Crippen molar-refractivity contribution >= 4 is 0 Å². The highest BCUT2D eigenvalue weighted by atomic mass is 16.3. The maximum Gasteiger partial charge on any atom is 0.126 e. The number of nitrogens with zero attached hydrogens (tertiary/aromatic N) is 1. The van der Waals surface area contributed by atoms with Crippen molar-refractivity contribution in [2.45, 2.75) is 74.8 Å². The maximum absolute atomic E-state index is 12.1. The molecule has 3 heteroatoms. The molecule has 0 amide bonds. The molecule has 3 aliphatic carbocycles. The number of aromatic hydroxyl groups is 1. The van der Waals surface area contributed by atoms with Crippen molar-refractivity contribution in [2.75, 3.05) is 20.1 Å². The van der Waals surface area contributed by atoms with Crippen LogP contribution in [-0.4, -0.2) is 46.5 Å². The number of benzene rings is 1. The lowest BCUT2D eigenvalue weighted by Gasteiger charge is -2.66. The Morgan fingerprint density at radius 3 is 2.68 bits per heavy atom. The van der Waals surface area contributed by atoms with Gasteiger partial charge in [-0.1, -0.05) is 25.3 Å². The largest absolute Gasteiger partial charge is 0.508 e. The number of aliphatic hydroxyl groups is 1. The molecule has 25 heavy (non-hydrogen) atoms. The van der Waals surface area contributed by atoms with Gasteiger partial charge >= 0.3 is 0 Å². The first-order chi connectivity index (χ1) is 12.0. The molecule has 1 aromatic rings. The van der Waals surface area contributed by atoms with Crippen LogP contribution in [0.15, 0.2) is 18.2 Å². The van der Waals surface area contributed by atoms with Crippen LogP contribution >= 0.6 is 0 Å². The Morgan fingerprint density at radius 1 is 1.12 bits per heavy atom. The third-order valence-corrected chi connectivity index (χ3v) is 8.52. The number of fused-ring (bicyclic) bond motifs is 1. The van der Waals surface area contributed by atoms with Crippen molar-refractivity contribution in [3.05, 3.63) is 29.3 Å². The van der Waals surface area contributed by atoms with Crippen molar-refractivity contribution in [2.24, 2.45) is 5.92 Å². The molecule has 4 atom stereocenters. The van der Waals surface area contributed by atoms with E-state index in [0.717, 1.165) is 42.5 Å². The molecule has 3 fully saturated rings. The predicted octanol–water partition coefficient (Wildman–Crippen LogP) is 3.51. The summed E-state index contributed by atoms with van der Waals surface area (Å²) in [6, 6.07) is 6.27. The third-order valence-electron chi connectivity index (χ3n) is 8.52. The number of hydrogen-bond acceptors (Lipinski definition) is 2. The van der Waals surface area contributed by atoms with Crippen LogP contribution in [0.4, 0.5) is 0 Å². The molecule has 4 aliphatic rings. The van der Waals surface area contributed by atoms with Crippen molar-refractivity contribution in [1.29, 1.82) is 0 Å². The minimum atomic E-state index is -0.594. The molecule has 136 valence electrons. The molecular weight excluding hydrogens is 310 g/mol. The standard InChI is InChI=1S/C22H31NO2/c1-23(15-16-5-4-6-16)12-11-21-9-2-3-10-22(21,25)20(23)13-17-7-8-18(24)14-19(17)21/h7-8,14,16,20,25H,2-6,9-13,15H2,1H3/p+1/t20?,21-,22?,23+/m1/s1. The van der Waals surface area contributed by atoms with Gasteiger partial charge < -0.3 is 14.7 Å². The highest BCUT2D eigenvalue weighted by Gasteiger charge is 2.68. The number of quaternary nitrogens is 1. The number of phenolic OH excluding ortho intramolecular Hbond substituents is 1. The predicted molar refractivity (Wildman–Crippen MR) is 98.6 cm³/mol. The minimum absolute atomic E-state index is 0.125. The van der Waals surface area contributed by atoms with Crippen LogP contribution in [0.25, 0.3) is 0 Å². The van der Waals surface area contributed by atoms with E-state index in [-0.39, 0.29) is 5.41 Å². The van der Waals surface area contributed by atoms with Crippen molar-refractivity contribution < 1.29 is 14.7 Å². The summed E-state index contributed by atoms with van der Waals surface area (Å²) >= 11 is 0. The Balaban J connectivity index is 1.63. The zero-order valence-electron chi connectivity index (χ0n) is 15.5. The first-order valence-corrected chi connectivity index (χ1v) is 10.4. The van der Waals surface area contributed by atoms with Gasteiger partial charge in [0.2, 0.25) is 0 Å². The zero-order valence-corrected chi connectivity index (χ0v) is 15.5. The molecular formula is C22H32NO2+. The lowest BCUT2D eigenvalue weighted by Crippen LogP contribution is -2.78. The van der Waals surface area contributed by atoms with Gasteiger partial charge in [0, 0.05) is 24.2 Å². The number of likely N-dealkylation sites (tertiary alicyclic amines) is 1. The fourth-order valence-corrected chi connectivity index (χ4v) is 6.99. The van der Waals surface area contributed by atoms with Crippen molar-refractivity contribution in [1.82, 2.24) is 0 Å². The number of rotatable bonds is 2. The van der Waals surface area contributed by atoms with Gasteiger partial charge in [-0.05, 0) is 48.9 Å². The van der Waals surface area contributed by atoms with Gasteiger partial charge in [0.1, 0.15) is 17.4 Å². The average molecular weight is 343 g/mol. The van der Waals surface area contributed by atoms with Crippen molar-refractivity contribution in [3.63, 3.8) is 0 Å². The smallest absolute Gasteiger partial charge is 0.126 e. The second-order valence-corrected chi connectivity index (χ2v) is 9.71. The van der Waals surface area contributed by atoms with Gasteiger partial charge in [-0.15, -0.1) is 0 Å². The average Bonchev–Trinajstić information content (AvgIpc) is 2.55. The first-order valence-electron chi connectivity index (χ1n) is 10.4. The molecule has 2 saturated carbocycles. The fourth-order valence-electron chi connectivity index (χ4n) is 6.99. The summed E-state index contributed by atoms with van der Waals surface area (Å²) in [7, 11) is 2.42. The van der Waals surface area contributed by atoms with Gasteiger partial charge in [-0.3, -0.25) is 0 Å². The van der Waals surface area contributed by atoms with E-state index in [4.69, 9.17) is 0 Å². The second-order valence-electron chi connectivity index (χ2n) is 9.71. The Kier molecular flexibility index (Phi) is 3.38. The van der Waals surface area contributed by atoms with E-state index in [2.05, 4.69) is 13.1 Å². The summed E-state index contributed by atoms with van der Waals surface area (Å²) in [6.45, 7) is 2.43. The summed E-state index contributed by atoms with van der Waals surface area (Å²) in [5.41, 5.74) is 1.93. The number of piperidine rings is 1. The molecule has 2 unspecified atom stereocenters. The number of likely N-dealkylation sites (N-methyl/N-ethyl adjacent to an activating group) is 1. The lowest BCUT2D eigenvalue weighted by atomic mass is 9.49. The van der Waals surface area contributed by atoms with Crippen LogP contribution in [-0.2, 0) is 11.8 Å². The first kappa shape index (κ1) is 16.1. The molecule has 1 aromatic carbocycles. The van der Waals surface area contributed by atoms with Gasteiger partial charge in [0.15, 0.2) is 0 Å². The number of phenols is 1. The Labute approximate surface area is 151 Å². The van der Waals surface area contributed by atoms with Crippen molar-refractivity contribution in [3.8, 4) is 5.75 Å². The zero-order chi connectivity index (χ0) is 17.3. The molecule has 0 spiro atoms. The maximum atomic E-state index is 12.1. The van der Waals surface area contributed by atoms with Gasteiger partial charge in [0.05, 0.1) is 20.1 Å². The molecule has 1 aliphatic heterocycles. The highest BCUT2D eigenvalue weighted by molar-refractivity contribution is 5.47.